The van der Waals surface area contributed by atoms with Gasteiger partial charge in [0, 0.05) is 18.0 Å². The van der Waals surface area contributed by atoms with Gasteiger partial charge in [0.15, 0.2) is 5.69 Å². The average Bonchev–Trinajstić information content (AvgIpc) is 3.32. The molecule has 0 aliphatic rings. The Morgan fingerprint density at radius 1 is 1.15 bits per heavy atom. The smallest absolute Gasteiger partial charge is 0.296 e. The van der Waals surface area contributed by atoms with Crippen molar-refractivity contribution >= 4 is 43.9 Å². The van der Waals surface area contributed by atoms with Crippen LogP contribution in [0.5, 0.6) is 0 Å². The molecule has 0 saturated heterocycles. The lowest BCUT2D eigenvalue weighted by Gasteiger charge is -2.01. The van der Waals surface area contributed by atoms with Crippen molar-refractivity contribution < 1.29 is 18.0 Å². The van der Waals surface area contributed by atoms with Gasteiger partial charge >= 0.3 is 6.18 Å². The first kappa shape index (κ1) is 17.6. The molecule has 0 aliphatic carbocycles. The second kappa shape index (κ2) is 6.43. The van der Waals surface area contributed by atoms with Gasteiger partial charge < -0.3 is 0 Å². The molecule has 0 fully saturated rings. The first-order chi connectivity index (χ1) is 12.8. The molecule has 0 radical (unpaired) electrons. The van der Waals surface area contributed by atoms with Crippen LogP contribution in [0.2, 0.25) is 0 Å². The van der Waals surface area contributed by atoms with Crippen molar-refractivity contribution in [1.29, 1.82) is 0 Å². The van der Waals surface area contributed by atoms with Crippen LogP contribution < -0.4 is 5.32 Å². The number of hydrogen-bond acceptors (Lipinski definition) is 6. The minimum atomic E-state index is -4.59. The second-order valence-electron chi connectivity index (χ2n) is 5.53. The Hall–Kier alpha value is -2.79. The fraction of sp³-hybridized carbons (Fsp3) is 0.125. The Labute approximate surface area is 158 Å². The summed E-state index contributed by atoms with van der Waals surface area (Å²) in [6, 6.07) is 10.5. The largest absolute Gasteiger partial charge is 0.435 e. The van der Waals surface area contributed by atoms with E-state index in [-0.39, 0.29) is 20.2 Å². The van der Waals surface area contributed by atoms with Crippen LogP contribution in [0.25, 0.3) is 20.8 Å². The van der Waals surface area contributed by atoms with Gasteiger partial charge in [0.1, 0.15) is 9.84 Å². The minimum absolute atomic E-state index is 0.0950. The predicted octanol–water partition coefficient (Wildman–Crippen LogP) is 4.42. The maximum atomic E-state index is 13.1. The molecule has 3 heterocycles. The number of hydrogen-bond donors (Lipinski definition) is 1. The Morgan fingerprint density at radius 2 is 1.89 bits per heavy atom. The van der Waals surface area contributed by atoms with Crippen LogP contribution in [-0.4, -0.2) is 25.9 Å². The molecule has 0 unspecified atom stereocenters. The van der Waals surface area contributed by atoms with E-state index in [1.165, 1.54) is 24.5 Å². The van der Waals surface area contributed by atoms with E-state index in [4.69, 9.17) is 0 Å². The molecule has 1 amide bonds. The first-order valence-electron chi connectivity index (χ1n) is 7.57. The maximum Gasteiger partial charge on any atom is 0.435 e. The predicted molar refractivity (Wildman–Crippen MR) is 96.9 cm³/mol. The third-order valence-corrected chi connectivity index (χ3v) is 5.76. The molecule has 4 aromatic rings. The number of anilines is 1. The molecule has 0 saturated carbocycles. The minimum Gasteiger partial charge on any atom is -0.296 e. The summed E-state index contributed by atoms with van der Waals surface area (Å²) in [7, 11) is 1.41. The Morgan fingerprint density at radius 3 is 2.59 bits per heavy atom. The van der Waals surface area contributed by atoms with E-state index in [1.54, 1.807) is 0 Å². The van der Waals surface area contributed by atoms with E-state index in [1.807, 2.05) is 30.3 Å². The Kier molecular flexibility index (Phi) is 4.19. The van der Waals surface area contributed by atoms with Crippen molar-refractivity contribution in [1.82, 2.24) is 20.0 Å². The highest BCUT2D eigenvalue weighted by Gasteiger charge is 2.37. The van der Waals surface area contributed by atoms with Gasteiger partial charge in [-0.3, -0.25) is 14.8 Å². The monoisotopic (exact) mass is 409 g/mol. The number of fused-ring (bicyclic) bond motifs is 1. The molecule has 4 rings (SSSR count). The van der Waals surface area contributed by atoms with Gasteiger partial charge in [0.25, 0.3) is 5.91 Å². The number of carbonyl (C=O) groups excluding carboxylic acids is 1. The average molecular weight is 409 g/mol. The molecule has 11 heteroatoms. The number of alkyl halides is 3. The molecule has 27 heavy (non-hydrogen) atoms. The Bertz CT molecular complexity index is 1130. The summed E-state index contributed by atoms with van der Waals surface area (Å²) < 4.78 is 40.3. The molecule has 3 aromatic heterocycles. The molecule has 138 valence electrons. The topological polar surface area (TPSA) is 72.7 Å². The number of nitrogens with zero attached hydrogens (tertiary/aromatic N) is 4. The summed E-state index contributed by atoms with van der Waals surface area (Å²) in [5, 5.41) is 14.8. The van der Waals surface area contributed by atoms with Gasteiger partial charge in [-0.15, -0.1) is 21.5 Å². The standard InChI is InChI=1S/C16H10F3N5OS2/c1-24-14-9(11(23-24)16(17,18)19)7-10(26-14)12(25)20-15-22-21-13(27-15)8-5-3-2-4-6-8/h2-7H,1H3,(H,20,22,25). The number of aromatic nitrogens is 4. The van der Waals surface area contributed by atoms with E-state index in [2.05, 4.69) is 20.6 Å². The molecule has 0 atom stereocenters. The summed E-state index contributed by atoms with van der Waals surface area (Å²) in [6.45, 7) is 0. The van der Waals surface area contributed by atoms with Crippen molar-refractivity contribution in [2.24, 2.45) is 7.05 Å². The lowest BCUT2D eigenvalue weighted by atomic mass is 10.2. The van der Waals surface area contributed by atoms with Gasteiger partial charge in [-0.1, -0.05) is 41.7 Å². The van der Waals surface area contributed by atoms with Gasteiger partial charge in [0.05, 0.1) is 4.88 Å². The quantitative estimate of drug-likeness (QED) is 0.544. The van der Waals surface area contributed by atoms with Crippen LogP contribution in [0.4, 0.5) is 18.3 Å². The highest BCUT2D eigenvalue weighted by Crippen LogP contribution is 2.37. The summed E-state index contributed by atoms with van der Waals surface area (Å²) in [6.07, 6.45) is -4.59. The number of halogens is 3. The fourth-order valence-electron chi connectivity index (χ4n) is 2.49. The summed E-state index contributed by atoms with van der Waals surface area (Å²) >= 11 is 2.12. The summed E-state index contributed by atoms with van der Waals surface area (Å²) in [5.74, 6) is -0.542. The summed E-state index contributed by atoms with van der Waals surface area (Å²) in [4.78, 5) is 12.8. The van der Waals surface area contributed by atoms with E-state index in [9.17, 15) is 18.0 Å². The van der Waals surface area contributed by atoms with E-state index in [0.29, 0.717) is 5.01 Å². The van der Waals surface area contributed by atoms with Crippen LogP contribution in [0, 0.1) is 0 Å². The number of thiophene rings is 1. The molecule has 1 N–H and O–H groups in total. The fourth-order valence-corrected chi connectivity index (χ4v) is 4.20. The lowest BCUT2D eigenvalue weighted by Crippen LogP contribution is -2.10. The number of benzene rings is 1. The molecule has 1 aromatic carbocycles. The lowest BCUT2D eigenvalue weighted by molar-refractivity contribution is -0.140. The van der Waals surface area contributed by atoms with Crippen LogP contribution in [-0.2, 0) is 13.2 Å². The van der Waals surface area contributed by atoms with Crippen LogP contribution in [0.3, 0.4) is 0 Å². The molecule has 0 bridgehead atoms. The number of nitrogens with one attached hydrogen (secondary N) is 1. The molecule has 0 aliphatic heterocycles. The van der Waals surface area contributed by atoms with Crippen LogP contribution in [0.1, 0.15) is 15.4 Å². The number of amides is 1. The highest BCUT2D eigenvalue weighted by molar-refractivity contribution is 7.21. The van der Waals surface area contributed by atoms with Gasteiger partial charge in [-0.05, 0) is 6.07 Å². The molecular weight excluding hydrogens is 399 g/mol. The normalized spacial score (nSPS) is 11.9. The molecule has 6 nitrogen and oxygen atoms in total. The van der Waals surface area contributed by atoms with Gasteiger partial charge in [-0.25, -0.2) is 0 Å². The van der Waals surface area contributed by atoms with Crippen LogP contribution >= 0.6 is 22.7 Å². The van der Waals surface area contributed by atoms with E-state index < -0.39 is 17.8 Å². The third-order valence-electron chi connectivity index (χ3n) is 3.67. The molecule has 0 spiro atoms. The van der Waals surface area contributed by atoms with Crippen LogP contribution in [0.15, 0.2) is 36.4 Å². The maximum absolute atomic E-state index is 13.1. The zero-order chi connectivity index (χ0) is 19.2. The van der Waals surface area contributed by atoms with Gasteiger partial charge in [0.2, 0.25) is 5.13 Å². The summed E-state index contributed by atoms with van der Waals surface area (Å²) in [5.41, 5.74) is -0.143. The van der Waals surface area contributed by atoms with Crippen molar-refractivity contribution in [3.8, 4) is 10.6 Å². The second-order valence-corrected chi connectivity index (χ2v) is 7.54. The molecular formula is C16H10F3N5OS2. The Balaban J connectivity index is 1.60. The SMILES string of the molecule is Cn1nc(C(F)(F)F)c2cc(C(=O)Nc3nnc(-c4ccccc4)s3)sc21. The van der Waals surface area contributed by atoms with E-state index in [0.717, 1.165) is 21.6 Å². The van der Waals surface area contributed by atoms with Crippen molar-refractivity contribution in [2.45, 2.75) is 6.18 Å². The van der Waals surface area contributed by atoms with Crippen molar-refractivity contribution in [2.75, 3.05) is 5.32 Å². The third kappa shape index (κ3) is 3.30. The first-order valence-corrected chi connectivity index (χ1v) is 9.20. The number of aryl methyl sites for hydroxylation is 1. The number of carbonyl (C=O) groups is 1. The van der Waals surface area contributed by atoms with Crippen molar-refractivity contribution in [3.63, 3.8) is 0 Å². The zero-order valence-corrected chi connectivity index (χ0v) is 15.2. The van der Waals surface area contributed by atoms with E-state index >= 15 is 0 Å². The number of rotatable bonds is 3. The van der Waals surface area contributed by atoms with Crippen molar-refractivity contribution in [3.05, 3.63) is 47.0 Å². The zero-order valence-electron chi connectivity index (χ0n) is 13.6. The highest BCUT2D eigenvalue weighted by atomic mass is 32.1. The van der Waals surface area contributed by atoms with Gasteiger partial charge in [-0.2, -0.15) is 18.3 Å².